The van der Waals surface area contributed by atoms with Crippen molar-refractivity contribution in [2.45, 2.75) is 0 Å². The molecule has 118 valence electrons. The van der Waals surface area contributed by atoms with Crippen LogP contribution in [0.1, 0.15) is 0 Å². The third-order valence-corrected chi connectivity index (χ3v) is 5.05. The molecule has 2 aromatic carbocycles. The summed E-state index contributed by atoms with van der Waals surface area (Å²) in [5.74, 6) is -0.548. The highest BCUT2D eigenvalue weighted by molar-refractivity contribution is 8.27. The number of amides is 1. The fraction of sp³-hybridized carbons (Fsp3) is 0. The van der Waals surface area contributed by atoms with Gasteiger partial charge in [0.15, 0.2) is 4.32 Å². The quantitative estimate of drug-likeness (QED) is 0.495. The van der Waals surface area contributed by atoms with Crippen LogP contribution in [0, 0.1) is 5.82 Å². The Bertz CT molecular complexity index is 992. The number of fused-ring (bicyclic) bond motifs is 1. The molecule has 3 nitrogen and oxygen atoms in total. The van der Waals surface area contributed by atoms with Crippen LogP contribution in [-0.4, -0.2) is 14.8 Å². The lowest BCUT2D eigenvalue weighted by atomic mass is 10.2. The maximum absolute atomic E-state index is 13.1. The highest BCUT2D eigenvalue weighted by Crippen LogP contribution is 2.35. The maximum atomic E-state index is 13.1. The fourth-order valence-electron chi connectivity index (χ4n) is 2.61. The Morgan fingerprint density at radius 2 is 1.79 bits per heavy atom. The molecular formula is C18H11FN2OS2. The van der Waals surface area contributed by atoms with Crippen LogP contribution >= 0.6 is 24.0 Å². The van der Waals surface area contributed by atoms with E-state index >= 15 is 0 Å². The molecule has 0 aliphatic carbocycles. The van der Waals surface area contributed by atoms with Crippen molar-refractivity contribution in [2.24, 2.45) is 0 Å². The number of rotatable bonds is 2. The summed E-state index contributed by atoms with van der Waals surface area (Å²) in [7, 11) is 0. The molecule has 1 saturated heterocycles. The smallest absolute Gasteiger partial charge is 0.272 e. The minimum absolute atomic E-state index is 0.200. The normalized spacial score (nSPS) is 16.5. The Balaban J connectivity index is 1.71. The van der Waals surface area contributed by atoms with E-state index in [0.717, 1.165) is 10.9 Å². The van der Waals surface area contributed by atoms with Crippen LogP contribution in [0.2, 0.25) is 0 Å². The lowest BCUT2D eigenvalue weighted by Crippen LogP contribution is -2.27. The van der Waals surface area contributed by atoms with E-state index in [1.54, 1.807) is 18.3 Å². The number of thioether (sulfide) groups is 1. The average molecular weight is 354 g/mol. The summed E-state index contributed by atoms with van der Waals surface area (Å²) in [6.45, 7) is 0. The van der Waals surface area contributed by atoms with E-state index in [1.165, 1.54) is 28.8 Å². The molecule has 0 atom stereocenters. The summed E-state index contributed by atoms with van der Waals surface area (Å²) in [5, 5.41) is 1.10. The van der Waals surface area contributed by atoms with E-state index in [9.17, 15) is 9.18 Å². The van der Waals surface area contributed by atoms with Crippen LogP contribution < -0.4 is 4.90 Å². The maximum Gasteiger partial charge on any atom is 0.272 e. The predicted octanol–water partition coefficient (Wildman–Crippen LogP) is 4.64. The van der Waals surface area contributed by atoms with Gasteiger partial charge in [-0.1, -0.05) is 42.2 Å². The monoisotopic (exact) mass is 354 g/mol. The van der Waals surface area contributed by atoms with Crippen molar-refractivity contribution in [3.63, 3.8) is 0 Å². The van der Waals surface area contributed by atoms with Crippen LogP contribution in [0.25, 0.3) is 17.1 Å². The molecule has 0 N–H and O–H groups in total. The van der Waals surface area contributed by atoms with Gasteiger partial charge >= 0.3 is 0 Å². The lowest BCUT2D eigenvalue weighted by Gasteiger charge is -2.14. The van der Waals surface area contributed by atoms with Crippen molar-refractivity contribution in [3.05, 3.63) is 71.5 Å². The second-order valence-electron chi connectivity index (χ2n) is 5.26. The van der Waals surface area contributed by atoms with E-state index < -0.39 is 0 Å². The Morgan fingerprint density at radius 3 is 2.58 bits per heavy atom. The molecule has 0 unspecified atom stereocenters. The molecular weight excluding hydrogens is 343 g/mol. The first-order chi connectivity index (χ1) is 11.6. The molecule has 1 aliphatic heterocycles. The number of halogens is 1. The topological polar surface area (TPSA) is 25.2 Å². The van der Waals surface area contributed by atoms with Gasteiger partial charge in [-0.2, -0.15) is 0 Å². The molecule has 6 heteroatoms. The van der Waals surface area contributed by atoms with Crippen LogP contribution in [0.3, 0.4) is 0 Å². The van der Waals surface area contributed by atoms with Gasteiger partial charge in [0, 0.05) is 12.4 Å². The summed E-state index contributed by atoms with van der Waals surface area (Å²) < 4.78 is 15.4. The number of para-hydroxylation sites is 1. The molecule has 0 bridgehead atoms. The molecule has 1 aliphatic rings. The fourth-order valence-corrected chi connectivity index (χ4v) is 3.88. The van der Waals surface area contributed by atoms with E-state index in [0.29, 0.717) is 14.9 Å². The van der Waals surface area contributed by atoms with Crippen LogP contribution in [0.4, 0.5) is 10.1 Å². The zero-order valence-corrected chi connectivity index (χ0v) is 14.0. The Labute approximate surface area is 147 Å². The molecule has 24 heavy (non-hydrogen) atoms. The van der Waals surface area contributed by atoms with Crippen molar-refractivity contribution in [1.29, 1.82) is 0 Å². The second-order valence-corrected chi connectivity index (χ2v) is 6.94. The number of nitrogens with zero attached hydrogens (tertiary/aromatic N) is 2. The number of thiocarbonyl (C=S) groups is 1. The van der Waals surface area contributed by atoms with Gasteiger partial charge in [0.25, 0.3) is 5.91 Å². The molecule has 0 saturated carbocycles. The number of carbonyl (C=O) groups is 1. The van der Waals surface area contributed by atoms with Crippen molar-refractivity contribution < 1.29 is 9.18 Å². The standard InChI is InChI=1S/C18H11FN2OS2/c19-13-5-7-14(8-6-13)21-17(22)16(24-18(21)23)11-20-10-9-12-3-1-2-4-15(12)20/h1-11H/b16-11-. The van der Waals surface area contributed by atoms with Gasteiger partial charge in [-0.15, -0.1) is 0 Å². The predicted molar refractivity (Wildman–Crippen MR) is 100 cm³/mol. The Morgan fingerprint density at radius 1 is 1.04 bits per heavy atom. The molecule has 0 radical (unpaired) electrons. The first-order valence-corrected chi connectivity index (χ1v) is 8.45. The first-order valence-electron chi connectivity index (χ1n) is 7.23. The molecule has 1 fully saturated rings. The van der Waals surface area contributed by atoms with Gasteiger partial charge in [-0.25, -0.2) is 4.39 Å². The van der Waals surface area contributed by atoms with Gasteiger partial charge in [0.05, 0.1) is 16.1 Å². The Kier molecular flexibility index (Phi) is 3.70. The summed E-state index contributed by atoms with van der Waals surface area (Å²) in [6.07, 6.45) is 3.69. The van der Waals surface area contributed by atoms with E-state index in [4.69, 9.17) is 12.2 Å². The number of benzene rings is 2. The molecule has 2 heterocycles. The van der Waals surface area contributed by atoms with Gasteiger partial charge in [-0.05, 0) is 41.8 Å². The number of anilines is 1. The largest absolute Gasteiger partial charge is 0.322 e. The van der Waals surface area contributed by atoms with Gasteiger partial charge in [0.1, 0.15) is 5.82 Å². The minimum atomic E-state index is -0.349. The summed E-state index contributed by atoms with van der Waals surface area (Å²) in [6, 6.07) is 15.7. The molecule has 3 aromatic rings. The minimum Gasteiger partial charge on any atom is -0.322 e. The van der Waals surface area contributed by atoms with Crippen LogP contribution in [0.15, 0.2) is 65.7 Å². The van der Waals surface area contributed by atoms with E-state index in [-0.39, 0.29) is 11.7 Å². The van der Waals surface area contributed by atoms with Crippen molar-refractivity contribution in [3.8, 4) is 0 Å². The SMILES string of the molecule is O=C1/C(=C/n2ccc3ccccc32)SC(=S)N1c1ccc(F)cc1. The highest BCUT2D eigenvalue weighted by Gasteiger charge is 2.33. The Hall–Kier alpha value is -2.44. The van der Waals surface area contributed by atoms with Crippen LogP contribution in [0.5, 0.6) is 0 Å². The molecule has 1 aromatic heterocycles. The van der Waals surface area contributed by atoms with E-state index in [1.807, 2.05) is 41.1 Å². The second kappa shape index (κ2) is 5.89. The number of hydrogen-bond donors (Lipinski definition) is 0. The number of carbonyl (C=O) groups excluding carboxylic acids is 1. The third-order valence-electron chi connectivity index (χ3n) is 3.76. The van der Waals surface area contributed by atoms with Crippen molar-refractivity contribution in [1.82, 2.24) is 4.57 Å². The van der Waals surface area contributed by atoms with Gasteiger partial charge < -0.3 is 4.57 Å². The summed E-state index contributed by atoms with van der Waals surface area (Å²) in [4.78, 5) is 14.7. The lowest BCUT2D eigenvalue weighted by molar-refractivity contribution is -0.113. The van der Waals surface area contributed by atoms with Gasteiger partial charge in [-0.3, -0.25) is 9.69 Å². The van der Waals surface area contributed by atoms with E-state index in [2.05, 4.69) is 0 Å². The highest BCUT2D eigenvalue weighted by atomic mass is 32.2. The molecule has 4 rings (SSSR count). The molecule has 0 spiro atoms. The first kappa shape index (κ1) is 15.1. The number of aromatic nitrogens is 1. The third kappa shape index (κ3) is 2.53. The average Bonchev–Trinajstić information content (AvgIpc) is 3.11. The van der Waals surface area contributed by atoms with Gasteiger partial charge in [0.2, 0.25) is 0 Å². The zero-order valence-electron chi connectivity index (χ0n) is 12.3. The molecule has 1 amide bonds. The zero-order chi connectivity index (χ0) is 16.7. The van der Waals surface area contributed by atoms with Crippen molar-refractivity contribution in [2.75, 3.05) is 4.90 Å². The summed E-state index contributed by atoms with van der Waals surface area (Å²) >= 11 is 6.57. The number of hydrogen-bond acceptors (Lipinski definition) is 3. The van der Waals surface area contributed by atoms with Crippen molar-refractivity contribution >= 4 is 57.0 Å². The summed E-state index contributed by atoms with van der Waals surface area (Å²) in [5.41, 5.74) is 1.59. The van der Waals surface area contributed by atoms with Crippen LogP contribution in [-0.2, 0) is 4.79 Å².